The van der Waals surface area contributed by atoms with Gasteiger partial charge in [-0.1, -0.05) is 11.6 Å². The Labute approximate surface area is 129 Å². The number of aromatic nitrogens is 3. The number of H-pyrrole nitrogens is 1. The molecule has 0 saturated heterocycles. The first-order chi connectivity index (χ1) is 9.94. The lowest BCUT2D eigenvalue weighted by Gasteiger charge is -2.08. The van der Waals surface area contributed by atoms with E-state index in [1.54, 1.807) is 6.92 Å². The van der Waals surface area contributed by atoms with Crippen molar-refractivity contribution in [1.29, 1.82) is 0 Å². The van der Waals surface area contributed by atoms with E-state index in [9.17, 15) is 9.59 Å². The Morgan fingerprint density at radius 1 is 1.43 bits per heavy atom. The van der Waals surface area contributed by atoms with Gasteiger partial charge in [-0.25, -0.2) is 9.97 Å². The number of anilines is 1. The maximum absolute atomic E-state index is 11.9. The molecule has 2 aromatic heterocycles. The first kappa shape index (κ1) is 15.1. The molecular formula is C12H10ClN5O2S. The van der Waals surface area contributed by atoms with Crippen molar-refractivity contribution in [3.63, 3.8) is 0 Å². The molecule has 0 bridgehead atoms. The molecule has 0 spiro atoms. The molecule has 108 valence electrons. The average molecular weight is 324 g/mol. The number of nitrogens with one attached hydrogen (secondary N) is 3. The van der Waals surface area contributed by atoms with Crippen LogP contribution in [-0.4, -0.2) is 26.0 Å². The Balaban J connectivity index is 2.02. The minimum Gasteiger partial charge on any atom is -0.302 e. The summed E-state index contributed by atoms with van der Waals surface area (Å²) < 4.78 is 0. The average Bonchev–Trinajstić information content (AvgIpc) is 2.37. The van der Waals surface area contributed by atoms with Crippen LogP contribution in [0.1, 0.15) is 16.1 Å². The summed E-state index contributed by atoms with van der Waals surface area (Å²) in [6, 6.07) is 4.35. The number of amides is 1. The number of thiocarbonyl (C=S) groups is 1. The van der Waals surface area contributed by atoms with E-state index >= 15 is 0 Å². The zero-order valence-corrected chi connectivity index (χ0v) is 12.4. The second kappa shape index (κ2) is 6.42. The van der Waals surface area contributed by atoms with E-state index in [0.29, 0.717) is 11.3 Å². The second-order valence-electron chi connectivity index (χ2n) is 4.01. The van der Waals surface area contributed by atoms with Gasteiger partial charge in [0.25, 0.3) is 11.5 Å². The Morgan fingerprint density at radius 2 is 2.19 bits per heavy atom. The molecule has 3 N–H and O–H groups in total. The number of hydrogen-bond acceptors (Lipinski definition) is 5. The molecule has 7 nitrogen and oxygen atoms in total. The largest absolute Gasteiger partial charge is 0.302 e. The van der Waals surface area contributed by atoms with Crippen molar-refractivity contribution in [3.05, 3.63) is 51.2 Å². The van der Waals surface area contributed by atoms with Crippen LogP contribution < -0.4 is 16.2 Å². The minimum atomic E-state index is -0.452. The number of rotatable bonds is 2. The van der Waals surface area contributed by atoms with Gasteiger partial charge in [0.2, 0.25) is 5.95 Å². The highest BCUT2D eigenvalue weighted by Gasteiger charge is 2.09. The zero-order chi connectivity index (χ0) is 15.4. The van der Waals surface area contributed by atoms with Gasteiger partial charge in [0, 0.05) is 18.0 Å². The molecule has 0 radical (unpaired) electrons. The van der Waals surface area contributed by atoms with E-state index in [1.807, 2.05) is 0 Å². The predicted octanol–water partition coefficient (Wildman–Crippen LogP) is 1.25. The van der Waals surface area contributed by atoms with Crippen LogP contribution in [0.4, 0.5) is 5.95 Å². The molecule has 0 unspecified atom stereocenters. The van der Waals surface area contributed by atoms with Crippen LogP contribution in [-0.2, 0) is 0 Å². The number of aryl methyl sites for hydroxylation is 1. The Bertz CT molecular complexity index is 744. The molecule has 21 heavy (non-hydrogen) atoms. The first-order valence-corrected chi connectivity index (χ1v) is 6.54. The molecule has 0 aliphatic heterocycles. The number of pyridine rings is 1. The molecule has 0 saturated carbocycles. The third-order valence-corrected chi connectivity index (χ3v) is 2.75. The number of halogens is 1. The molecule has 0 aromatic carbocycles. The van der Waals surface area contributed by atoms with Gasteiger partial charge < -0.3 is 5.32 Å². The quantitative estimate of drug-likeness (QED) is 0.568. The summed E-state index contributed by atoms with van der Waals surface area (Å²) in [5, 5.41) is 5.35. The number of aromatic amines is 1. The van der Waals surface area contributed by atoms with Crippen LogP contribution in [0.2, 0.25) is 5.15 Å². The molecule has 2 aromatic rings. The lowest BCUT2D eigenvalue weighted by Crippen LogP contribution is -2.35. The highest BCUT2D eigenvalue weighted by Crippen LogP contribution is 2.05. The van der Waals surface area contributed by atoms with Crippen molar-refractivity contribution in [2.75, 3.05) is 5.32 Å². The van der Waals surface area contributed by atoms with Gasteiger partial charge in [0.05, 0.1) is 5.56 Å². The standard InChI is InChI=1S/C12H10ClN5O2S/c1-6-4-9(19)16-11(15-6)18-12(21)17-10(20)7-2-3-8(13)14-5-7/h2-5H,1H3,(H3,15,16,17,18,19,20,21). The van der Waals surface area contributed by atoms with E-state index in [0.717, 1.165) is 0 Å². The molecule has 0 fully saturated rings. The fraction of sp³-hybridized carbons (Fsp3) is 0.0833. The lowest BCUT2D eigenvalue weighted by atomic mass is 10.3. The molecule has 1 amide bonds. The third kappa shape index (κ3) is 4.33. The fourth-order valence-electron chi connectivity index (χ4n) is 1.46. The Morgan fingerprint density at radius 3 is 2.81 bits per heavy atom. The number of carbonyl (C=O) groups excluding carboxylic acids is 1. The van der Waals surface area contributed by atoms with Gasteiger partial charge in [0.15, 0.2) is 5.11 Å². The van der Waals surface area contributed by atoms with Crippen molar-refractivity contribution in [3.8, 4) is 0 Å². The zero-order valence-electron chi connectivity index (χ0n) is 10.8. The number of nitrogens with zero attached hydrogens (tertiary/aromatic N) is 2. The van der Waals surface area contributed by atoms with E-state index in [1.165, 1.54) is 24.4 Å². The maximum Gasteiger partial charge on any atom is 0.258 e. The second-order valence-corrected chi connectivity index (χ2v) is 4.81. The van der Waals surface area contributed by atoms with Crippen LogP contribution in [0.25, 0.3) is 0 Å². The predicted molar refractivity (Wildman–Crippen MR) is 82.5 cm³/mol. The van der Waals surface area contributed by atoms with Gasteiger partial charge in [0.1, 0.15) is 5.15 Å². The summed E-state index contributed by atoms with van der Waals surface area (Å²) in [6.07, 6.45) is 1.33. The Kier molecular flexibility index (Phi) is 4.61. The summed E-state index contributed by atoms with van der Waals surface area (Å²) >= 11 is 10.6. The van der Waals surface area contributed by atoms with Crippen LogP contribution in [0.15, 0.2) is 29.2 Å². The fourth-order valence-corrected chi connectivity index (χ4v) is 1.76. The van der Waals surface area contributed by atoms with E-state index in [2.05, 4.69) is 25.6 Å². The third-order valence-electron chi connectivity index (χ3n) is 2.32. The van der Waals surface area contributed by atoms with Gasteiger partial charge in [-0.2, -0.15) is 0 Å². The van der Waals surface area contributed by atoms with Crippen LogP contribution in [0.5, 0.6) is 0 Å². The van der Waals surface area contributed by atoms with Gasteiger partial charge in [-0.05, 0) is 31.3 Å². The molecule has 0 aliphatic carbocycles. The van der Waals surface area contributed by atoms with Gasteiger partial charge in [-0.3, -0.25) is 19.9 Å². The monoisotopic (exact) mass is 323 g/mol. The van der Waals surface area contributed by atoms with E-state index < -0.39 is 5.91 Å². The van der Waals surface area contributed by atoms with Crippen LogP contribution in [0, 0.1) is 6.92 Å². The molecule has 9 heteroatoms. The summed E-state index contributed by atoms with van der Waals surface area (Å²) in [6.45, 7) is 1.67. The molecule has 2 rings (SSSR count). The highest BCUT2D eigenvalue weighted by molar-refractivity contribution is 7.80. The number of hydrogen-bond donors (Lipinski definition) is 3. The highest BCUT2D eigenvalue weighted by atomic mass is 35.5. The van der Waals surface area contributed by atoms with Gasteiger partial charge >= 0.3 is 0 Å². The first-order valence-electron chi connectivity index (χ1n) is 5.76. The Hall–Kier alpha value is -2.32. The van der Waals surface area contributed by atoms with Crippen LogP contribution in [0.3, 0.4) is 0 Å². The summed E-state index contributed by atoms with van der Waals surface area (Å²) in [5.74, 6) is -0.300. The number of carbonyl (C=O) groups is 1. The van der Waals surface area contributed by atoms with Crippen LogP contribution >= 0.6 is 23.8 Å². The maximum atomic E-state index is 11.9. The van der Waals surface area contributed by atoms with E-state index in [4.69, 9.17) is 23.8 Å². The van der Waals surface area contributed by atoms with Crippen molar-refractivity contribution >= 4 is 40.8 Å². The van der Waals surface area contributed by atoms with Gasteiger partial charge in [-0.15, -0.1) is 0 Å². The molecule has 0 aliphatic rings. The molecular weight excluding hydrogens is 314 g/mol. The smallest absolute Gasteiger partial charge is 0.258 e. The van der Waals surface area contributed by atoms with E-state index in [-0.39, 0.29) is 21.8 Å². The van der Waals surface area contributed by atoms with Crippen molar-refractivity contribution in [1.82, 2.24) is 20.3 Å². The topological polar surface area (TPSA) is 99.8 Å². The summed E-state index contributed by atoms with van der Waals surface area (Å²) in [5.41, 5.74) is 0.507. The van der Waals surface area contributed by atoms with Crippen molar-refractivity contribution < 1.29 is 4.79 Å². The summed E-state index contributed by atoms with van der Waals surface area (Å²) in [4.78, 5) is 33.4. The van der Waals surface area contributed by atoms with Crippen molar-refractivity contribution in [2.45, 2.75) is 6.92 Å². The van der Waals surface area contributed by atoms with Crippen molar-refractivity contribution in [2.24, 2.45) is 0 Å². The lowest BCUT2D eigenvalue weighted by molar-refractivity contribution is 0.0977. The summed E-state index contributed by atoms with van der Waals surface area (Å²) in [7, 11) is 0. The minimum absolute atomic E-state index is 0.00343. The molecule has 2 heterocycles. The normalized spacial score (nSPS) is 10.0. The molecule has 0 atom stereocenters. The SMILES string of the molecule is Cc1cc(=O)[nH]c(NC(=S)NC(=O)c2ccc(Cl)nc2)n1.